The minimum Gasteiger partial charge on any atom is -0.377 e. The molecule has 0 atom stereocenters. The first-order chi connectivity index (χ1) is 9.69. The molecule has 0 aliphatic heterocycles. The van der Waals surface area contributed by atoms with Crippen molar-refractivity contribution in [2.24, 2.45) is 5.84 Å². The SMILES string of the molecule is CCCCCCCOCc1ccc(NN)c([N+](=O)[O-])c1. The monoisotopic (exact) mass is 281 g/mol. The number of anilines is 1. The van der Waals surface area contributed by atoms with Crippen LogP contribution in [-0.4, -0.2) is 11.5 Å². The second-order valence-corrected chi connectivity index (χ2v) is 4.72. The lowest BCUT2D eigenvalue weighted by Gasteiger charge is -2.06. The first kappa shape index (κ1) is 16.4. The van der Waals surface area contributed by atoms with E-state index >= 15 is 0 Å². The van der Waals surface area contributed by atoms with Crippen LogP contribution in [0.4, 0.5) is 11.4 Å². The van der Waals surface area contributed by atoms with E-state index in [1.807, 2.05) is 0 Å². The van der Waals surface area contributed by atoms with Crippen LogP contribution in [0, 0.1) is 10.1 Å². The van der Waals surface area contributed by atoms with Crippen LogP contribution in [0.3, 0.4) is 0 Å². The normalized spacial score (nSPS) is 10.5. The Morgan fingerprint density at radius 2 is 2.05 bits per heavy atom. The molecule has 20 heavy (non-hydrogen) atoms. The van der Waals surface area contributed by atoms with Crippen LogP contribution in [0.1, 0.15) is 44.6 Å². The molecule has 0 aromatic heterocycles. The van der Waals surface area contributed by atoms with Gasteiger partial charge in [-0.25, -0.2) is 0 Å². The fourth-order valence-electron chi connectivity index (χ4n) is 1.94. The number of hydrogen-bond acceptors (Lipinski definition) is 5. The molecule has 0 saturated carbocycles. The zero-order valence-electron chi connectivity index (χ0n) is 11.9. The number of benzene rings is 1. The van der Waals surface area contributed by atoms with E-state index in [2.05, 4.69) is 12.3 Å². The number of hydrogen-bond donors (Lipinski definition) is 2. The predicted molar refractivity (Wildman–Crippen MR) is 79.3 cm³/mol. The summed E-state index contributed by atoms with van der Waals surface area (Å²) in [6.07, 6.45) is 5.93. The van der Waals surface area contributed by atoms with Crippen molar-refractivity contribution in [1.82, 2.24) is 0 Å². The maximum atomic E-state index is 10.9. The van der Waals surface area contributed by atoms with Crippen LogP contribution in [-0.2, 0) is 11.3 Å². The van der Waals surface area contributed by atoms with Crippen molar-refractivity contribution in [3.63, 3.8) is 0 Å². The van der Waals surface area contributed by atoms with Gasteiger partial charge in [0.1, 0.15) is 5.69 Å². The molecule has 1 rings (SSSR count). The summed E-state index contributed by atoms with van der Waals surface area (Å²) in [4.78, 5) is 10.4. The van der Waals surface area contributed by atoms with Gasteiger partial charge in [-0.3, -0.25) is 16.0 Å². The van der Waals surface area contributed by atoms with Gasteiger partial charge in [0.2, 0.25) is 0 Å². The highest BCUT2D eigenvalue weighted by Gasteiger charge is 2.13. The fourth-order valence-corrected chi connectivity index (χ4v) is 1.94. The quantitative estimate of drug-likeness (QED) is 0.297. The lowest BCUT2D eigenvalue weighted by molar-refractivity contribution is -0.384. The first-order valence-corrected chi connectivity index (χ1v) is 7.00. The maximum absolute atomic E-state index is 10.9. The topological polar surface area (TPSA) is 90.4 Å². The van der Waals surface area contributed by atoms with Crippen molar-refractivity contribution in [2.75, 3.05) is 12.0 Å². The summed E-state index contributed by atoms with van der Waals surface area (Å²) in [6, 6.07) is 4.86. The Bertz CT molecular complexity index is 424. The van der Waals surface area contributed by atoms with Gasteiger partial charge >= 0.3 is 0 Å². The molecular formula is C14H23N3O3. The lowest BCUT2D eigenvalue weighted by Crippen LogP contribution is -2.09. The zero-order valence-corrected chi connectivity index (χ0v) is 11.9. The van der Waals surface area contributed by atoms with Gasteiger partial charge in [-0.2, -0.15) is 0 Å². The maximum Gasteiger partial charge on any atom is 0.294 e. The molecular weight excluding hydrogens is 258 g/mol. The molecule has 0 amide bonds. The third-order valence-electron chi connectivity index (χ3n) is 3.08. The molecule has 0 aliphatic carbocycles. The van der Waals surface area contributed by atoms with Gasteiger partial charge in [0, 0.05) is 12.7 Å². The highest BCUT2D eigenvalue weighted by molar-refractivity contribution is 5.61. The number of nitrogens with one attached hydrogen (secondary N) is 1. The molecule has 0 spiro atoms. The fraction of sp³-hybridized carbons (Fsp3) is 0.571. The molecule has 0 unspecified atom stereocenters. The summed E-state index contributed by atoms with van der Waals surface area (Å²) in [5, 5.41) is 10.9. The van der Waals surface area contributed by atoms with E-state index in [1.54, 1.807) is 12.1 Å². The zero-order chi connectivity index (χ0) is 14.8. The van der Waals surface area contributed by atoms with E-state index in [0.717, 1.165) is 12.0 Å². The van der Waals surface area contributed by atoms with Crippen molar-refractivity contribution in [3.05, 3.63) is 33.9 Å². The van der Waals surface area contributed by atoms with Crippen LogP contribution >= 0.6 is 0 Å². The van der Waals surface area contributed by atoms with Gasteiger partial charge in [0.15, 0.2) is 0 Å². The molecule has 0 bridgehead atoms. The Morgan fingerprint density at radius 3 is 2.70 bits per heavy atom. The van der Waals surface area contributed by atoms with E-state index in [4.69, 9.17) is 10.6 Å². The number of nitro benzene ring substituents is 1. The molecule has 6 heteroatoms. The standard InChI is InChI=1S/C14H23N3O3/c1-2-3-4-5-6-9-20-11-12-7-8-13(16-15)14(10-12)17(18)19/h7-8,10,16H,2-6,9,11,15H2,1H3. The van der Waals surface area contributed by atoms with Crippen molar-refractivity contribution in [2.45, 2.75) is 45.6 Å². The van der Waals surface area contributed by atoms with Crippen LogP contribution in [0.15, 0.2) is 18.2 Å². The van der Waals surface area contributed by atoms with Crippen LogP contribution in [0.2, 0.25) is 0 Å². The van der Waals surface area contributed by atoms with E-state index in [0.29, 0.717) is 18.9 Å². The Hall–Kier alpha value is -1.66. The van der Waals surface area contributed by atoms with Crippen molar-refractivity contribution >= 4 is 11.4 Å². The summed E-state index contributed by atoms with van der Waals surface area (Å²) in [5.41, 5.74) is 3.37. The molecule has 1 aromatic carbocycles. The van der Waals surface area contributed by atoms with E-state index in [1.165, 1.54) is 31.7 Å². The van der Waals surface area contributed by atoms with Gasteiger partial charge in [-0.1, -0.05) is 38.7 Å². The highest BCUT2D eigenvalue weighted by Crippen LogP contribution is 2.24. The number of unbranched alkanes of at least 4 members (excludes halogenated alkanes) is 4. The average Bonchev–Trinajstić information content (AvgIpc) is 2.46. The molecule has 0 aliphatic rings. The Morgan fingerprint density at radius 1 is 1.30 bits per heavy atom. The summed E-state index contributed by atoms with van der Waals surface area (Å²) in [5.74, 6) is 5.23. The lowest BCUT2D eigenvalue weighted by atomic mass is 10.1. The number of rotatable bonds is 10. The molecule has 1 aromatic rings. The third-order valence-corrected chi connectivity index (χ3v) is 3.08. The van der Waals surface area contributed by atoms with E-state index in [9.17, 15) is 10.1 Å². The highest BCUT2D eigenvalue weighted by atomic mass is 16.6. The summed E-state index contributed by atoms with van der Waals surface area (Å²) in [6.45, 7) is 3.26. The predicted octanol–water partition coefficient (Wildman–Crippen LogP) is 3.37. The minimum atomic E-state index is -0.455. The smallest absolute Gasteiger partial charge is 0.294 e. The van der Waals surface area contributed by atoms with Gasteiger partial charge in [-0.05, 0) is 18.1 Å². The second-order valence-electron chi connectivity index (χ2n) is 4.72. The van der Waals surface area contributed by atoms with E-state index < -0.39 is 4.92 Å². The Labute approximate surface area is 119 Å². The van der Waals surface area contributed by atoms with Crippen LogP contribution in [0.5, 0.6) is 0 Å². The van der Waals surface area contributed by atoms with Crippen LogP contribution < -0.4 is 11.3 Å². The van der Waals surface area contributed by atoms with Crippen molar-refractivity contribution in [3.8, 4) is 0 Å². The second kappa shape index (κ2) is 9.28. The Kier molecular flexibility index (Phi) is 7.60. The van der Waals surface area contributed by atoms with Gasteiger partial charge < -0.3 is 10.2 Å². The molecule has 3 N–H and O–H groups in total. The molecule has 112 valence electrons. The van der Waals surface area contributed by atoms with E-state index in [-0.39, 0.29) is 5.69 Å². The summed E-state index contributed by atoms with van der Waals surface area (Å²) in [7, 11) is 0. The van der Waals surface area contributed by atoms with Crippen molar-refractivity contribution < 1.29 is 9.66 Å². The average molecular weight is 281 g/mol. The number of nitrogens with two attached hydrogens (primary N) is 1. The largest absolute Gasteiger partial charge is 0.377 e. The van der Waals surface area contributed by atoms with Crippen molar-refractivity contribution in [1.29, 1.82) is 0 Å². The molecule has 0 fully saturated rings. The minimum absolute atomic E-state index is 0.0310. The van der Waals surface area contributed by atoms with Gasteiger partial charge in [0.05, 0.1) is 11.5 Å². The first-order valence-electron chi connectivity index (χ1n) is 7.00. The number of nitrogen functional groups attached to an aromatic ring is 1. The van der Waals surface area contributed by atoms with Gasteiger partial charge in [0.25, 0.3) is 5.69 Å². The Balaban J connectivity index is 2.37. The number of ether oxygens (including phenoxy) is 1. The number of nitro groups is 1. The number of hydrazine groups is 1. The van der Waals surface area contributed by atoms with Crippen LogP contribution in [0.25, 0.3) is 0 Å². The summed E-state index contributed by atoms with van der Waals surface area (Å²) < 4.78 is 5.53. The molecule has 0 radical (unpaired) electrons. The molecule has 0 saturated heterocycles. The molecule has 0 heterocycles. The molecule has 6 nitrogen and oxygen atoms in total. The number of nitrogens with zero attached hydrogens (tertiary/aromatic N) is 1. The third kappa shape index (κ3) is 5.54. The van der Waals surface area contributed by atoms with Gasteiger partial charge in [-0.15, -0.1) is 0 Å². The summed E-state index contributed by atoms with van der Waals surface area (Å²) >= 11 is 0.